The van der Waals surface area contributed by atoms with E-state index in [0.29, 0.717) is 0 Å². The molecule has 0 aliphatic rings. The molecule has 0 atom stereocenters. The van der Waals surface area contributed by atoms with Gasteiger partial charge in [-0.15, -0.1) is 0 Å². The topological polar surface area (TPSA) is 35.0 Å². The number of benzene rings is 1. The summed E-state index contributed by atoms with van der Waals surface area (Å²) in [4.78, 5) is 8.33. The van der Waals surface area contributed by atoms with Gasteiger partial charge in [-0.05, 0) is 52.3 Å². The lowest BCUT2D eigenvalue weighted by Gasteiger charge is -2.22. The first-order valence-electron chi connectivity index (χ1n) is 6.55. The number of aryl methyl sites for hydroxylation is 2. The minimum atomic E-state index is -0.427. The summed E-state index contributed by atoms with van der Waals surface area (Å²) in [5.41, 5.74) is 2.88. The molecule has 1 aromatic carbocycles. The SMILES string of the molecule is Cc1ncnc(C)c1-c1ccc(OC(C)(C)C)c(F)c1. The molecule has 0 N–H and O–H groups in total. The summed E-state index contributed by atoms with van der Waals surface area (Å²) in [5.74, 6) is -0.117. The van der Waals surface area contributed by atoms with E-state index < -0.39 is 5.60 Å². The molecule has 2 rings (SSSR count). The first-order chi connectivity index (χ1) is 9.28. The van der Waals surface area contributed by atoms with Crippen molar-refractivity contribution in [2.24, 2.45) is 0 Å². The third-order valence-corrected chi connectivity index (χ3v) is 2.86. The fourth-order valence-electron chi connectivity index (χ4n) is 2.08. The Balaban J connectivity index is 2.44. The van der Waals surface area contributed by atoms with Crippen molar-refractivity contribution in [2.75, 3.05) is 0 Å². The molecule has 0 saturated carbocycles. The van der Waals surface area contributed by atoms with Crippen LogP contribution in [0, 0.1) is 19.7 Å². The van der Waals surface area contributed by atoms with Crippen molar-refractivity contribution in [3.8, 4) is 16.9 Å². The zero-order valence-corrected chi connectivity index (χ0v) is 12.5. The smallest absolute Gasteiger partial charge is 0.165 e. The predicted molar refractivity (Wildman–Crippen MR) is 77.3 cm³/mol. The molecule has 0 unspecified atom stereocenters. The molecule has 4 heteroatoms. The summed E-state index contributed by atoms with van der Waals surface area (Å²) in [6.07, 6.45) is 1.52. The second kappa shape index (κ2) is 5.19. The van der Waals surface area contributed by atoms with Gasteiger partial charge in [0.1, 0.15) is 11.9 Å². The maximum absolute atomic E-state index is 14.2. The van der Waals surface area contributed by atoms with Gasteiger partial charge in [0.25, 0.3) is 0 Å². The van der Waals surface area contributed by atoms with E-state index in [9.17, 15) is 4.39 Å². The molecule has 3 nitrogen and oxygen atoms in total. The van der Waals surface area contributed by atoms with Crippen molar-refractivity contribution in [2.45, 2.75) is 40.2 Å². The summed E-state index contributed by atoms with van der Waals surface area (Å²) in [5, 5.41) is 0. The van der Waals surface area contributed by atoms with E-state index >= 15 is 0 Å². The molecule has 106 valence electrons. The van der Waals surface area contributed by atoms with Gasteiger partial charge in [0.05, 0.1) is 0 Å². The molecular formula is C16H19FN2O. The molecule has 1 aromatic heterocycles. The van der Waals surface area contributed by atoms with Gasteiger partial charge in [-0.25, -0.2) is 14.4 Å². The van der Waals surface area contributed by atoms with Gasteiger partial charge in [0.15, 0.2) is 11.6 Å². The van der Waals surface area contributed by atoms with Crippen LogP contribution < -0.4 is 4.74 Å². The summed E-state index contributed by atoms with van der Waals surface area (Å²) in [6.45, 7) is 9.45. The molecule has 20 heavy (non-hydrogen) atoms. The maximum atomic E-state index is 14.2. The summed E-state index contributed by atoms with van der Waals surface area (Å²) < 4.78 is 19.7. The van der Waals surface area contributed by atoms with E-state index in [2.05, 4.69) is 9.97 Å². The Morgan fingerprint density at radius 3 is 2.15 bits per heavy atom. The van der Waals surface area contributed by atoms with Crippen LogP contribution in [0.25, 0.3) is 11.1 Å². The fourth-order valence-corrected chi connectivity index (χ4v) is 2.08. The van der Waals surface area contributed by atoms with Crippen LogP contribution in [0.4, 0.5) is 4.39 Å². The molecule has 0 saturated heterocycles. The summed E-state index contributed by atoms with van der Waals surface area (Å²) in [6, 6.07) is 4.96. The van der Waals surface area contributed by atoms with Gasteiger partial charge in [-0.1, -0.05) is 6.07 Å². The zero-order valence-electron chi connectivity index (χ0n) is 12.5. The molecule has 0 bridgehead atoms. The highest BCUT2D eigenvalue weighted by atomic mass is 19.1. The number of hydrogen-bond donors (Lipinski definition) is 0. The molecule has 0 amide bonds. The quantitative estimate of drug-likeness (QED) is 0.827. The Hall–Kier alpha value is -1.97. The van der Waals surface area contributed by atoms with Crippen LogP contribution in [-0.4, -0.2) is 15.6 Å². The normalized spacial score (nSPS) is 11.5. The van der Waals surface area contributed by atoms with E-state index in [1.54, 1.807) is 6.07 Å². The maximum Gasteiger partial charge on any atom is 0.165 e. The molecule has 0 radical (unpaired) electrons. The monoisotopic (exact) mass is 274 g/mol. The van der Waals surface area contributed by atoms with Gasteiger partial charge in [0, 0.05) is 17.0 Å². The lowest BCUT2D eigenvalue weighted by Crippen LogP contribution is -2.23. The standard InChI is InChI=1S/C16H19FN2O/c1-10-15(11(2)19-9-18-10)12-6-7-14(13(17)8-12)20-16(3,4)5/h6-9H,1-5H3. The van der Waals surface area contributed by atoms with Crippen LogP contribution in [0.1, 0.15) is 32.2 Å². The van der Waals surface area contributed by atoms with Crippen molar-refractivity contribution in [1.82, 2.24) is 9.97 Å². The third kappa shape index (κ3) is 3.13. The van der Waals surface area contributed by atoms with Crippen molar-refractivity contribution in [3.63, 3.8) is 0 Å². The summed E-state index contributed by atoms with van der Waals surface area (Å²) >= 11 is 0. The van der Waals surface area contributed by atoms with Gasteiger partial charge < -0.3 is 4.74 Å². The highest BCUT2D eigenvalue weighted by Crippen LogP contribution is 2.30. The molecule has 0 spiro atoms. The van der Waals surface area contributed by atoms with E-state index in [0.717, 1.165) is 22.5 Å². The second-order valence-corrected chi connectivity index (χ2v) is 5.78. The minimum absolute atomic E-state index is 0.258. The molecule has 2 aromatic rings. The highest BCUT2D eigenvalue weighted by molar-refractivity contribution is 5.68. The van der Waals surface area contributed by atoms with Gasteiger partial charge in [0.2, 0.25) is 0 Å². The van der Waals surface area contributed by atoms with Crippen LogP contribution in [0.5, 0.6) is 5.75 Å². The zero-order chi connectivity index (χ0) is 14.9. The Morgan fingerprint density at radius 1 is 1.05 bits per heavy atom. The van der Waals surface area contributed by atoms with Crippen LogP contribution >= 0.6 is 0 Å². The molecule has 1 heterocycles. The van der Waals surface area contributed by atoms with Gasteiger partial charge in [-0.3, -0.25) is 0 Å². The number of aromatic nitrogens is 2. The number of hydrogen-bond acceptors (Lipinski definition) is 3. The Kier molecular flexibility index (Phi) is 3.75. The van der Waals surface area contributed by atoms with Gasteiger partial charge in [-0.2, -0.15) is 0 Å². The molecule has 0 fully saturated rings. The number of rotatable bonds is 2. The minimum Gasteiger partial charge on any atom is -0.485 e. The van der Waals surface area contributed by atoms with Gasteiger partial charge >= 0.3 is 0 Å². The van der Waals surface area contributed by atoms with Crippen LogP contribution in [0.2, 0.25) is 0 Å². The van der Waals surface area contributed by atoms with Crippen molar-refractivity contribution in [1.29, 1.82) is 0 Å². The highest BCUT2D eigenvalue weighted by Gasteiger charge is 2.16. The number of nitrogens with zero attached hydrogens (tertiary/aromatic N) is 2. The molecular weight excluding hydrogens is 255 g/mol. The number of halogens is 1. The average molecular weight is 274 g/mol. The second-order valence-electron chi connectivity index (χ2n) is 5.78. The Bertz CT molecular complexity index is 613. The van der Waals surface area contributed by atoms with E-state index in [-0.39, 0.29) is 11.6 Å². The van der Waals surface area contributed by atoms with Crippen molar-refractivity contribution >= 4 is 0 Å². The number of ether oxygens (including phenoxy) is 1. The first-order valence-corrected chi connectivity index (χ1v) is 6.55. The van der Waals surface area contributed by atoms with E-state index in [1.807, 2.05) is 40.7 Å². The Morgan fingerprint density at radius 2 is 1.65 bits per heavy atom. The summed E-state index contributed by atoms with van der Waals surface area (Å²) in [7, 11) is 0. The largest absolute Gasteiger partial charge is 0.485 e. The first kappa shape index (κ1) is 14.4. The van der Waals surface area contributed by atoms with Crippen LogP contribution in [0.3, 0.4) is 0 Å². The lowest BCUT2D eigenvalue weighted by molar-refractivity contribution is 0.124. The lowest BCUT2D eigenvalue weighted by atomic mass is 10.0. The van der Waals surface area contributed by atoms with Crippen LogP contribution in [0.15, 0.2) is 24.5 Å². The Labute approximate surface area is 118 Å². The van der Waals surface area contributed by atoms with E-state index in [4.69, 9.17) is 4.74 Å². The molecule has 0 aliphatic carbocycles. The van der Waals surface area contributed by atoms with Crippen LogP contribution in [-0.2, 0) is 0 Å². The van der Waals surface area contributed by atoms with E-state index in [1.165, 1.54) is 12.4 Å². The predicted octanol–water partition coefficient (Wildman–Crippen LogP) is 4.08. The average Bonchev–Trinajstić information content (AvgIpc) is 2.31. The third-order valence-electron chi connectivity index (χ3n) is 2.86. The van der Waals surface area contributed by atoms with Crippen molar-refractivity contribution in [3.05, 3.63) is 41.7 Å². The fraction of sp³-hybridized carbons (Fsp3) is 0.375. The van der Waals surface area contributed by atoms with Crippen molar-refractivity contribution < 1.29 is 9.13 Å². The molecule has 0 aliphatic heterocycles.